The molecule has 1 aliphatic rings. The van der Waals surface area contributed by atoms with Crippen molar-refractivity contribution in [1.29, 1.82) is 0 Å². The van der Waals surface area contributed by atoms with Crippen LogP contribution in [0.2, 0.25) is 0 Å². The van der Waals surface area contributed by atoms with Crippen LogP contribution < -0.4 is 0 Å². The van der Waals surface area contributed by atoms with E-state index in [9.17, 15) is 19.2 Å². The number of hydrogen-bond donors (Lipinski definition) is 4. The summed E-state index contributed by atoms with van der Waals surface area (Å²) in [6.45, 7) is 0. The van der Waals surface area contributed by atoms with E-state index in [2.05, 4.69) is 0 Å². The molecule has 1 fully saturated rings. The molecule has 8 heteroatoms. The fourth-order valence-electron chi connectivity index (χ4n) is 2.50. The van der Waals surface area contributed by atoms with Crippen LogP contribution in [0.1, 0.15) is 19.3 Å². The maximum absolute atomic E-state index is 11.1. The highest BCUT2D eigenvalue weighted by Crippen LogP contribution is 2.36. The third-order valence-electron chi connectivity index (χ3n) is 3.54. The van der Waals surface area contributed by atoms with Crippen molar-refractivity contribution in [2.45, 2.75) is 19.3 Å². The van der Waals surface area contributed by atoms with Gasteiger partial charge in [-0.2, -0.15) is 0 Å². The molecule has 0 spiro atoms. The van der Waals surface area contributed by atoms with E-state index in [-0.39, 0.29) is 12.8 Å². The molecule has 0 aromatic carbocycles. The maximum Gasteiger partial charge on any atom is 0.307 e. The number of rotatable bonds is 4. The Hall–Kier alpha value is -2.12. The largest absolute Gasteiger partial charge is 0.481 e. The van der Waals surface area contributed by atoms with E-state index < -0.39 is 54.0 Å². The lowest BCUT2D eigenvalue weighted by Gasteiger charge is -2.19. The number of carboxylic acids is 4. The Morgan fingerprint density at radius 2 is 0.842 bits per heavy atom. The molecule has 0 aromatic heterocycles. The van der Waals surface area contributed by atoms with Crippen LogP contribution in [0.15, 0.2) is 0 Å². The molecule has 4 unspecified atom stereocenters. The minimum absolute atomic E-state index is 0.160. The summed E-state index contributed by atoms with van der Waals surface area (Å²) in [5.41, 5.74) is 0. The first-order valence-corrected chi connectivity index (χ1v) is 5.67. The Morgan fingerprint density at radius 1 is 0.579 bits per heavy atom. The van der Waals surface area contributed by atoms with E-state index in [0.717, 1.165) is 0 Å². The fourth-order valence-corrected chi connectivity index (χ4v) is 2.50. The van der Waals surface area contributed by atoms with Crippen molar-refractivity contribution in [3.05, 3.63) is 0 Å². The van der Waals surface area contributed by atoms with Crippen LogP contribution in [0.4, 0.5) is 0 Å². The third kappa shape index (κ3) is 3.21. The van der Waals surface area contributed by atoms with Gasteiger partial charge < -0.3 is 20.4 Å². The van der Waals surface area contributed by atoms with Crippen LogP contribution in [0, 0.1) is 23.7 Å². The van der Waals surface area contributed by atoms with Crippen molar-refractivity contribution >= 4 is 23.9 Å². The van der Waals surface area contributed by atoms with Gasteiger partial charge in [-0.05, 0) is 19.3 Å². The Bertz CT molecular complexity index is 377. The SMILES string of the molecule is O=C(O)C1CCC(C(=O)O)C(C(=O)O)CC1C(=O)O. The molecule has 4 N–H and O–H groups in total. The van der Waals surface area contributed by atoms with Crippen LogP contribution in [0.25, 0.3) is 0 Å². The summed E-state index contributed by atoms with van der Waals surface area (Å²) in [4.78, 5) is 44.2. The summed E-state index contributed by atoms with van der Waals surface area (Å²) >= 11 is 0. The zero-order chi connectivity index (χ0) is 14.7. The third-order valence-corrected chi connectivity index (χ3v) is 3.54. The molecule has 19 heavy (non-hydrogen) atoms. The van der Waals surface area contributed by atoms with Gasteiger partial charge in [0.05, 0.1) is 23.7 Å². The molecule has 0 bridgehead atoms. The molecule has 8 nitrogen and oxygen atoms in total. The molecule has 106 valence electrons. The second kappa shape index (κ2) is 5.68. The molecule has 1 rings (SSSR count). The summed E-state index contributed by atoms with van der Waals surface area (Å²) in [6.07, 6.45) is -0.807. The molecule has 1 aliphatic carbocycles. The molecule has 1 saturated carbocycles. The van der Waals surface area contributed by atoms with Gasteiger partial charge in [0.2, 0.25) is 0 Å². The van der Waals surface area contributed by atoms with E-state index in [1.54, 1.807) is 0 Å². The lowest BCUT2D eigenvalue weighted by Crippen LogP contribution is -2.33. The molecule has 0 radical (unpaired) electrons. The summed E-state index contributed by atoms with van der Waals surface area (Å²) in [6, 6.07) is 0. The van der Waals surface area contributed by atoms with E-state index in [0.29, 0.717) is 0 Å². The second-order valence-electron chi connectivity index (χ2n) is 4.59. The smallest absolute Gasteiger partial charge is 0.307 e. The van der Waals surface area contributed by atoms with Gasteiger partial charge in [0, 0.05) is 0 Å². The Kier molecular flexibility index (Phi) is 4.47. The van der Waals surface area contributed by atoms with Crippen molar-refractivity contribution in [3.63, 3.8) is 0 Å². The topological polar surface area (TPSA) is 149 Å². The highest BCUT2D eigenvalue weighted by Gasteiger charge is 2.45. The minimum Gasteiger partial charge on any atom is -0.481 e. The van der Waals surface area contributed by atoms with Crippen molar-refractivity contribution < 1.29 is 39.6 Å². The van der Waals surface area contributed by atoms with E-state index in [1.807, 2.05) is 0 Å². The van der Waals surface area contributed by atoms with E-state index >= 15 is 0 Å². The van der Waals surface area contributed by atoms with Gasteiger partial charge in [-0.1, -0.05) is 0 Å². The van der Waals surface area contributed by atoms with Gasteiger partial charge in [0.1, 0.15) is 0 Å². The summed E-state index contributed by atoms with van der Waals surface area (Å²) < 4.78 is 0. The van der Waals surface area contributed by atoms with Crippen molar-refractivity contribution in [3.8, 4) is 0 Å². The first kappa shape index (κ1) is 14.9. The Morgan fingerprint density at radius 3 is 1.05 bits per heavy atom. The summed E-state index contributed by atoms with van der Waals surface area (Å²) in [5, 5.41) is 36.0. The first-order valence-electron chi connectivity index (χ1n) is 5.67. The molecular formula is C11H14O8. The van der Waals surface area contributed by atoms with Crippen molar-refractivity contribution in [1.82, 2.24) is 0 Å². The summed E-state index contributed by atoms with van der Waals surface area (Å²) in [7, 11) is 0. The van der Waals surface area contributed by atoms with Gasteiger partial charge in [0.15, 0.2) is 0 Å². The monoisotopic (exact) mass is 274 g/mol. The Balaban J connectivity index is 3.11. The fraction of sp³-hybridized carbons (Fsp3) is 0.636. The van der Waals surface area contributed by atoms with Gasteiger partial charge in [-0.15, -0.1) is 0 Å². The lowest BCUT2D eigenvalue weighted by molar-refractivity contribution is -0.157. The van der Waals surface area contributed by atoms with Crippen LogP contribution in [-0.4, -0.2) is 44.3 Å². The predicted molar refractivity (Wildman–Crippen MR) is 58.4 cm³/mol. The zero-order valence-corrected chi connectivity index (χ0v) is 9.85. The molecule has 0 heterocycles. The average Bonchev–Trinajstić information content (AvgIpc) is 2.47. The molecule has 0 amide bonds. The number of aliphatic carboxylic acids is 4. The van der Waals surface area contributed by atoms with Gasteiger partial charge >= 0.3 is 23.9 Å². The predicted octanol–water partition coefficient (Wildman–Crippen LogP) is -0.0265. The van der Waals surface area contributed by atoms with Gasteiger partial charge in [0.25, 0.3) is 0 Å². The maximum atomic E-state index is 11.1. The highest BCUT2D eigenvalue weighted by molar-refractivity contribution is 5.84. The quantitative estimate of drug-likeness (QED) is 0.522. The lowest BCUT2D eigenvalue weighted by atomic mass is 9.83. The van der Waals surface area contributed by atoms with Crippen molar-refractivity contribution in [2.24, 2.45) is 23.7 Å². The molecule has 0 saturated heterocycles. The standard InChI is InChI=1S/C11H14O8/c12-8(13)4-1-2-5(9(14)15)7(11(18)19)3-6(4)10(16)17/h4-7H,1-3H2,(H,12,13)(H,14,15)(H,16,17)(H,18,19). The second-order valence-corrected chi connectivity index (χ2v) is 4.59. The van der Waals surface area contributed by atoms with Crippen LogP contribution in [0.3, 0.4) is 0 Å². The average molecular weight is 274 g/mol. The number of carboxylic acid groups (broad SMARTS) is 4. The molecule has 4 atom stereocenters. The summed E-state index contributed by atoms with van der Waals surface area (Å²) in [5.74, 6) is -10.8. The van der Waals surface area contributed by atoms with Crippen LogP contribution in [-0.2, 0) is 19.2 Å². The minimum atomic E-state index is -1.41. The van der Waals surface area contributed by atoms with Gasteiger partial charge in [-0.25, -0.2) is 0 Å². The van der Waals surface area contributed by atoms with E-state index in [1.165, 1.54) is 0 Å². The number of carbonyl (C=O) groups is 4. The van der Waals surface area contributed by atoms with Crippen LogP contribution >= 0.6 is 0 Å². The van der Waals surface area contributed by atoms with Gasteiger partial charge in [-0.3, -0.25) is 19.2 Å². The molecule has 0 aromatic rings. The number of hydrogen-bond acceptors (Lipinski definition) is 4. The zero-order valence-electron chi connectivity index (χ0n) is 9.85. The normalized spacial score (nSPS) is 31.2. The Labute approximate surface area is 107 Å². The highest BCUT2D eigenvalue weighted by atomic mass is 16.4. The van der Waals surface area contributed by atoms with Crippen molar-refractivity contribution in [2.75, 3.05) is 0 Å². The molecule has 0 aliphatic heterocycles. The van der Waals surface area contributed by atoms with Crippen LogP contribution in [0.5, 0.6) is 0 Å². The molecular weight excluding hydrogens is 260 g/mol. The van der Waals surface area contributed by atoms with E-state index in [4.69, 9.17) is 20.4 Å². The first-order chi connectivity index (χ1) is 8.75.